The summed E-state index contributed by atoms with van der Waals surface area (Å²) in [5, 5.41) is 3.85. The number of nitrogens with zero attached hydrogens (tertiary/aromatic N) is 4. The van der Waals surface area contributed by atoms with Crippen molar-refractivity contribution in [1.29, 1.82) is 0 Å². The maximum atomic E-state index is 12.8. The van der Waals surface area contributed by atoms with E-state index in [-0.39, 0.29) is 5.91 Å². The summed E-state index contributed by atoms with van der Waals surface area (Å²) in [5.41, 5.74) is 3.22. The lowest BCUT2D eigenvalue weighted by Gasteiger charge is -2.13. The van der Waals surface area contributed by atoms with Crippen LogP contribution in [0.1, 0.15) is 15.9 Å². The summed E-state index contributed by atoms with van der Waals surface area (Å²) in [6.07, 6.45) is 3.60. The number of rotatable bonds is 5. The number of likely N-dealkylation sites (N-methyl/N-ethyl adjacent to an activating group) is 1. The van der Waals surface area contributed by atoms with E-state index in [2.05, 4.69) is 10.3 Å². The molecule has 0 atom stereocenters. The molecule has 1 aromatic carbocycles. The highest BCUT2D eigenvalue weighted by Crippen LogP contribution is 2.24. The summed E-state index contributed by atoms with van der Waals surface area (Å²) in [7, 11) is 5.88. The molecule has 6 nitrogen and oxygen atoms in total. The van der Waals surface area contributed by atoms with Gasteiger partial charge >= 0.3 is 0 Å². The molecule has 2 aromatic heterocycles. The molecule has 1 N–H and O–H groups in total. The van der Waals surface area contributed by atoms with Gasteiger partial charge in [-0.05, 0) is 39.2 Å². The average molecular weight is 337 g/mol. The van der Waals surface area contributed by atoms with E-state index in [4.69, 9.17) is 4.98 Å². The highest BCUT2D eigenvalue weighted by Gasteiger charge is 2.15. The van der Waals surface area contributed by atoms with Crippen LogP contribution < -0.4 is 5.32 Å². The number of aromatic nitrogens is 3. The minimum absolute atomic E-state index is 0.0877. The molecular formula is C19H23N5O. The Kier molecular flexibility index (Phi) is 4.81. The van der Waals surface area contributed by atoms with Crippen molar-refractivity contribution in [3.8, 4) is 11.5 Å². The lowest BCUT2D eigenvalue weighted by atomic mass is 10.0. The van der Waals surface area contributed by atoms with Crippen LogP contribution in [0.2, 0.25) is 0 Å². The van der Waals surface area contributed by atoms with Gasteiger partial charge in [0.05, 0.1) is 11.1 Å². The summed E-state index contributed by atoms with van der Waals surface area (Å²) >= 11 is 0. The Balaban J connectivity index is 2.06. The zero-order chi connectivity index (χ0) is 18.0. The summed E-state index contributed by atoms with van der Waals surface area (Å²) in [4.78, 5) is 23.9. The number of imidazole rings is 1. The van der Waals surface area contributed by atoms with Crippen molar-refractivity contribution in [3.63, 3.8) is 0 Å². The smallest absolute Gasteiger partial charge is 0.252 e. The van der Waals surface area contributed by atoms with Crippen molar-refractivity contribution in [1.82, 2.24) is 24.8 Å². The number of hydrogen-bond donors (Lipinski definition) is 1. The molecule has 0 fully saturated rings. The lowest BCUT2D eigenvalue weighted by molar-refractivity contribution is 0.0952. The third-order valence-electron chi connectivity index (χ3n) is 4.10. The van der Waals surface area contributed by atoms with Crippen LogP contribution >= 0.6 is 0 Å². The number of carbonyl (C=O) groups excluding carboxylic acids is 1. The van der Waals surface area contributed by atoms with E-state index in [9.17, 15) is 4.79 Å². The van der Waals surface area contributed by atoms with E-state index in [1.807, 2.05) is 68.0 Å². The van der Waals surface area contributed by atoms with Crippen LogP contribution in [0, 0.1) is 6.92 Å². The van der Waals surface area contributed by atoms with Crippen molar-refractivity contribution in [2.75, 3.05) is 27.2 Å². The number of benzene rings is 1. The largest absolute Gasteiger partial charge is 0.351 e. The van der Waals surface area contributed by atoms with Crippen molar-refractivity contribution in [2.45, 2.75) is 6.92 Å². The van der Waals surface area contributed by atoms with Crippen molar-refractivity contribution >= 4 is 16.8 Å². The number of pyridine rings is 1. The second-order valence-electron chi connectivity index (χ2n) is 6.50. The summed E-state index contributed by atoms with van der Waals surface area (Å²) < 4.78 is 1.90. The molecule has 0 unspecified atom stereocenters. The highest BCUT2D eigenvalue weighted by molar-refractivity contribution is 6.07. The molecule has 0 aliphatic heterocycles. The van der Waals surface area contributed by atoms with E-state index in [0.717, 1.165) is 28.8 Å². The lowest BCUT2D eigenvalue weighted by Crippen LogP contribution is -2.31. The Morgan fingerprint density at radius 3 is 2.76 bits per heavy atom. The summed E-state index contributed by atoms with van der Waals surface area (Å²) in [6.45, 7) is 3.40. The number of amides is 1. The van der Waals surface area contributed by atoms with Gasteiger partial charge in [0.1, 0.15) is 5.69 Å². The zero-order valence-electron chi connectivity index (χ0n) is 15.1. The van der Waals surface area contributed by atoms with Crippen molar-refractivity contribution < 1.29 is 4.79 Å². The predicted molar refractivity (Wildman–Crippen MR) is 99.6 cm³/mol. The molecule has 0 aliphatic carbocycles. The molecule has 3 aromatic rings. The first-order valence-electron chi connectivity index (χ1n) is 8.28. The summed E-state index contributed by atoms with van der Waals surface area (Å²) in [6, 6.07) is 7.79. The maximum absolute atomic E-state index is 12.8. The van der Waals surface area contributed by atoms with Crippen LogP contribution in [0.15, 0.2) is 36.7 Å². The molecular weight excluding hydrogens is 314 g/mol. The van der Waals surface area contributed by atoms with E-state index in [1.54, 1.807) is 6.20 Å². The average Bonchev–Trinajstić information content (AvgIpc) is 2.99. The van der Waals surface area contributed by atoms with Gasteiger partial charge in [-0.25, -0.2) is 9.97 Å². The van der Waals surface area contributed by atoms with Gasteiger partial charge in [0, 0.05) is 37.9 Å². The molecule has 25 heavy (non-hydrogen) atoms. The molecule has 0 spiro atoms. The van der Waals surface area contributed by atoms with E-state index in [1.165, 1.54) is 0 Å². The van der Waals surface area contributed by atoms with Crippen LogP contribution in [0.3, 0.4) is 0 Å². The van der Waals surface area contributed by atoms with Gasteiger partial charge in [0.2, 0.25) is 0 Å². The SMILES string of the molecule is Cc1ccc2nc(-c3nccn3C)cc(C(=O)NCCN(C)C)c2c1. The van der Waals surface area contributed by atoms with Gasteiger partial charge < -0.3 is 14.8 Å². The van der Waals surface area contributed by atoms with E-state index >= 15 is 0 Å². The topological polar surface area (TPSA) is 63.1 Å². The fourth-order valence-corrected chi connectivity index (χ4v) is 2.74. The Morgan fingerprint density at radius 2 is 2.08 bits per heavy atom. The van der Waals surface area contributed by atoms with Gasteiger partial charge in [-0.2, -0.15) is 0 Å². The van der Waals surface area contributed by atoms with Crippen LogP contribution in [0.5, 0.6) is 0 Å². The molecule has 0 aliphatic rings. The molecule has 2 heterocycles. The van der Waals surface area contributed by atoms with Crippen molar-refractivity contribution in [3.05, 3.63) is 47.8 Å². The van der Waals surface area contributed by atoms with Crippen LogP contribution in [0.4, 0.5) is 0 Å². The van der Waals surface area contributed by atoms with E-state index < -0.39 is 0 Å². The van der Waals surface area contributed by atoms with Crippen LogP contribution in [-0.2, 0) is 7.05 Å². The number of hydrogen-bond acceptors (Lipinski definition) is 4. The molecule has 3 rings (SSSR count). The van der Waals surface area contributed by atoms with E-state index in [0.29, 0.717) is 17.8 Å². The Bertz CT molecular complexity index is 913. The van der Waals surface area contributed by atoms with Gasteiger partial charge in [0.25, 0.3) is 5.91 Å². The van der Waals surface area contributed by atoms with Crippen LogP contribution in [-0.4, -0.2) is 52.5 Å². The fourth-order valence-electron chi connectivity index (χ4n) is 2.74. The second kappa shape index (κ2) is 7.03. The third-order valence-corrected chi connectivity index (χ3v) is 4.10. The minimum Gasteiger partial charge on any atom is -0.351 e. The Morgan fingerprint density at radius 1 is 1.28 bits per heavy atom. The van der Waals surface area contributed by atoms with Crippen LogP contribution in [0.25, 0.3) is 22.4 Å². The van der Waals surface area contributed by atoms with Gasteiger partial charge in [-0.15, -0.1) is 0 Å². The van der Waals surface area contributed by atoms with Gasteiger partial charge in [-0.1, -0.05) is 11.6 Å². The standard InChI is InChI=1S/C19H23N5O/c1-13-5-6-16-14(11-13)15(19(25)21-7-9-23(2)3)12-17(22-16)18-20-8-10-24(18)4/h5-6,8,10-12H,7,9H2,1-4H3,(H,21,25). The highest BCUT2D eigenvalue weighted by atomic mass is 16.1. The molecule has 6 heteroatoms. The van der Waals surface area contributed by atoms with Gasteiger partial charge in [-0.3, -0.25) is 4.79 Å². The molecule has 1 amide bonds. The number of carbonyl (C=O) groups is 1. The zero-order valence-corrected chi connectivity index (χ0v) is 15.1. The monoisotopic (exact) mass is 337 g/mol. The van der Waals surface area contributed by atoms with Crippen molar-refractivity contribution in [2.24, 2.45) is 7.05 Å². The Labute approximate surface area is 147 Å². The number of fused-ring (bicyclic) bond motifs is 1. The second-order valence-corrected chi connectivity index (χ2v) is 6.50. The van der Waals surface area contributed by atoms with Gasteiger partial charge in [0.15, 0.2) is 5.82 Å². The normalized spacial score (nSPS) is 11.2. The number of aryl methyl sites for hydroxylation is 2. The minimum atomic E-state index is -0.0877. The molecule has 0 saturated carbocycles. The molecule has 0 bridgehead atoms. The Hall–Kier alpha value is -2.73. The first kappa shape index (κ1) is 17.1. The molecule has 130 valence electrons. The number of nitrogens with one attached hydrogen (secondary N) is 1. The fraction of sp³-hybridized carbons (Fsp3) is 0.316. The predicted octanol–water partition coefficient (Wildman–Crippen LogP) is 2.24. The third kappa shape index (κ3) is 3.69. The first-order chi connectivity index (χ1) is 12.0. The molecule has 0 saturated heterocycles. The summed E-state index contributed by atoms with van der Waals surface area (Å²) in [5.74, 6) is 0.653. The first-order valence-corrected chi connectivity index (χ1v) is 8.28. The quantitative estimate of drug-likeness (QED) is 0.775. The maximum Gasteiger partial charge on any atom is 0.252 e. The molecule has 0 radical (unpaired) electrons.